The highest BCUT2D eigenvalue weighted by Crippen LogP contribution is 2.21. The number of thioether (sulfide) groups is 1. The highest BCUT2D eigenvalue weighted by atomic mass is 32.2. The summed E-state index contributed by atoms with van der Waals surface area (Å²) in [6.07, 6.45) is 0. The van der Waals surface area contributed by atoms with Gasteiger partial charge in [-0.2, -0.15) is 0 Å². The normalized spacial score (nSPS) is 12.0. The number of non-ortho nitro benzene ring substituents is 1. The number of rotatable bonds is 8. The zero-order chi connectivity index (χ0) is 19.1. The number of carbonyl (C=O) groups is 1. The van der Waals surface area contributed by atoms with Gasteiger partial charge in [0.25, 0.3) is 5.69 Å². The molecule has 0 saturated heterocycles. The molecule has 0 heterocycles. The van der Waals surface area contributed by atoms with Crippen LogP contribution in [0.5, 0.6) is 0 Å². The smallest absolute Gasteiger partial charge is 0.269 e. The summed E-state index contributed by atoms with van der Waals surface area (Å²) in [6, 6.07) is 12.2. The van der Waals surface area contributed by atoms with Gasteiger partial charge in [0.15, 0.2) is 0 Å². The molecule has 26 heavy (non-hydrogen) atoms. The lowest BCUT2D eigenvalue weighted by Crippen LogP contribution is -2.35. The molecule has 0 saturated carbocycles. The van der Waals surface area contributed by atoms with E-state index in [4.69, 9.17) is 0 Å². The maximum absolute atomic E-state index is 13.4. The third kappa shape index (κ3) is 5.82. The molecule has 0 radical (unpaired) electrons. The van der Waals surface area contributed by atoms with Gasteiger partial charge in [-0.3, -0.25) is 14.9 Å². The van der Waals surface area contributed by atoms with Crippen LogP contribution in [-0.4, -0.2) is 42.1 Å². The van der Waals surface area contributed by atoms with Crippen molar-refractivity contribution >= 4 is 23.4 Å². The van der Waals surface area contributed by atoms with Crippen LogP contribution in [0.4, 0.5) is 10.1 Å². The predicted octanol–water partition coefficient (Wildman–Crippen LogP) is 3.25. The largest absolute Gasteiger partial charge is 0.353 e. The second kappa shape index (κ2) is 9.30. The highest BCUT2D eigenvalue weighted by Gasteiger charge is 2.16. The molecule has 2 rings (SSSR count). The first-order valence-corrected chi connectivity index (χ1v) is 8.91. The second-order valence-corrected chi connectivity index (χ2v) is 6.93. The topological polar surface area (TPSA) is 75.5 Å². The predicted molar refractivity (Wildman–Crippen MR) is 99.7 cm³/mol. The van der Waals surface area contributed by atoms with Gasteiger partial charge < -0.3 is 10.2 Å². The van der Waals surface area contributed by atoms with Crippen LogP contribution in [0.2, 0.25) is 0 Å². The van der Waals surface area contributed by atoms with E-state index < -0.39 is 4.92 Å². The zero-order valence-electron chi connectivity index (χ0n) is 14.5. The Kier molecular flexibility index (Phi) is 7.11. The van der Waals surface area contributed by atoms with Crippen LogP contribution in [0.1, 0.15) is 11.6 Å². The van der Waals surface area contributed by atoms with Crippen molar-refractivity contribution in [3.05, 3.63) is 70.0 Å². The Balaban J connectivity index is 1.87. The van der Waals surface area contributed by atoms with Gasteiger partial charge in [0.1, 0.15) is 5.82 Å². The van der Waals surface area contributed by atoms with Crippen LogP contribution in [0.15, 0.2) is 53.4 Å². The molecule has 0 aliphatic rings. The molecule has 0 bridgehead atoms. The van der Waals surface area contributed by atoms with Gasteiger partial charge in [-0.05, 0) is 43.9 Å². The van der Waals surface area contributed by atoms with E-state index >= 15 is 0 Å². The minimum atomic E-state index is -0.463. The number of amides is 1. The summed E-state index contributed by atoms with van der Waals surface area (Å²) < 4.78 is 13.4. The molecule has 1 amide bonds. The number of hydrogen-bond donors (Lipinski definition) is 1. The average molecular weight is 377 g/mol. The summed E-state index contributed by atoms with van der Waals surface area (Å²) in [7, 11) is 3.74. The summed E-state index contributed by atoms with van der Waals surface area (Å²) >= 11 is 1.30. The summed E-state index contributed by atoms with van der Waals surface area (Å²) in [4.78, 5) is 24.9. The Bertz CT molecular complexity index is 769. The SMILES string of the molecule is CN(C)C(CNC(=O)CSc1ccc([N+](=O)[O-])cc1)c1cccc(F)c1. The van der Waals surface area contributed by atoms with E-state index in [2.05, 4.69) is 5.32 Å². The Hall–Kier alpha value is -2.45. The van der Waals surface area contributed by atoms with E-state index in [9.17, 15) is 19.3 Å². The molecule has 1 N–H and O–H groups in total. The minimum absolute atomic E-state index is 0.0164. The fraction of sp³-hybridized carbons (Fsp3) is 0.278. The second-order valence-electron chi connectivity index (χ2n) is 5.88. The lowest BCUT2D eigenvalue weighted by atomic mass is 10.1. The summed E-state index contributed by atoms with van der Waals surface area (Å²) in [5.74, 6) is -0.271. The van der Waals surface area contributed by atoms with E-state index in [0.29, 0.717) is 6.54 Å². The molecular formula is C18H20FN3O3S. The average Bonchev–Trinajstić information content (AvgIpc) is 2.60. The number of benzene rings is 2. The van der Waals surface area contributed by atoms with Crippen LogP contribution in [0.3, 0.4) is 0 Å². The summed E-state index contributed by atoms with van der Waals surface area (Å²) in [5, 5.41) is 13.5. The summed E-state index contributed by atoms with van der Waals surface area (Å²) in [6.45, 7) is 0.357. The van der Waals surface area contributed by atoms with E-state index in [1.807, 2.05) is 25.1 Å². The molecule has 0 fully saturated rings. The molecular weight excluding hydrogens is 357 g/mol. The van der Waals surface area contributed by atoms with Crippen LogP contribution in [-0.2, 0) is 4.79 Å². The number of halogens is 1. The Labute approximate surface area is 155 Å². The molecule has 138 valence electrons. The molecule has 8 heteroatoms. The minimum Gasteiger partial charge on any atom is -0.353 e. The van der Waals surface area contributed by atoms with Crippen molar-refractivity contribution < 1.29 is 14.1 Å². The quantitative estimate of drug-likeness (QED) is 0.434. The number of nitrogens with zero attached hydrogens (tertiary/aromatic N) is 2. The Morgan fingerprint density at radius 2 is 1.96 bits per heavy atom. The molecule has 0 spiro atoms. The lowest BCUT2D eigenvalue weighted by molar-refractivity contribution is -0.384. The first-order valence-electron chi connectivity index (χ1n) is 7.92. The molecule has 0 aromatic heterocycles. The molecule has 1 unspecified atom stereocenters. The maximum atomic E-state index is 13.4. The van der Waals surface area contributed by atoms with Crippen LogP contribution >= 0.6 is 11.8 Å². The van der Waals surface area contributed by atoms with Crippen molar-refractivity contribution in [1.29, 1.82) is 0 Å². The molecule has 0 aliphatic carbocycles. The highest BCUT2D eigenvalue weighted by molar-refractivity contribution is 8.00. The van der Waals surface area contributed by atoms with Crippen molar-refractivity contribution in [2.24, 2.45) is 0 Å². The van der Waals surface area contributed by atoms with Crippen LogP contribution in [0.25, 0.3) is 0 Å². The Morgan fingerprint density at radius 3 is 2.54 bits per heavy atom. The fourth-order valence-corrected chi connectivity index (χ4v) is 3.12. The molecule has 2 aromatic rings. The Morgan fingerprint density at radius 1 is 1.27 bits per heavy atom. The van der Waals surface area contributed by atoms with E-state index in [1.54, 1.807) is 18.2 Å². The monoisotopic (exact) mass is 377 g/mol. The van der Waals surface area contributed by atoms with Crippen molar-refractivity contribution in [2.75, 3.05) is 26.4 Å². The van der Waals surface area contributed by atoms with Gasteiger partial charge >= 0.3 is 0 Å². The molecule has 0 aliphatic heterocycles. The van der Waals surface area contributed by atoms with Crippen molar-refractivity contribution in [3.63, 3.8) is 0 Å². The number of likely N-dealkylation sites (N-methyl/N-ethyl adjacent to an activating group) is 1. The third-order valence-corrected chi connectivity index (χ3v) is 4.78. The van der Waals surface area contributed by atoms with Gasteiger partial charge in [0.05, 0.1) is 16.7 Å². The van der Waals surface area contributed by atoms with E-state index in [1.165, 1.54) is 36.0 Å². The van der Waals surface area contributed by atoms with E-state index in [-0.39, 0.29) is 29.2 Å². The standard InChI is InChI=1S/C18H20FN3O3S/c1-21(2)17(13-4-3-5-14(19)10-13)11-20-18(23)12-26-16-8-6-15(7-9-16)22(24)25/h3-10,17H,11-12H2,1-2H3,(H,20,23). The number of nitro groups is 1. The summed E-state index contributed by atoms with van der Waals surface area (Å²) in [5.41, 5.74) is 0.807. The molecule has 1 atom stereocenters. The van der Waals surface area contributed by atoms with Crippen molar-refractivity contribution in [1.82, 2.24) is 10.2 Å². The maximum Gasteiger partial charge on any atom is 0.269 e. The first-order chi connectivity index (χ1) is 12.4. The van der Waals surface area contributed by atoms with E-state index in [0.717, 1.165) is 10.5 Å². The zero-order valence-corrected chi connectivity index (χ0v) is 15.3. The van der Waals surface area contributed by atoms with Gasteiger partial charge in [0, 0.05) is 23.6 Å². The molecule has 2 aromatic carbocycles. The lowest BCUT2D eigenvalue weighted by Gasteiger charge is -2.25. The number of nitro benzene ring substituents is 1. The number of carbonyl (C=O) groups excluding carboxylic acids is 1. The fourth-order valence-electron chi connectivity index (χ4n) is 2.39. The number of hydrogen-bond acceptors (Lipinski definition) is 5. The van der Waals surface area contributed by atoms with Crippen LogP contribution in [0, 0.1) is 15.9 Å². The van der Waals surface area contributed by atoms with Gasteiger partial charge in [-0.15, -0.1) is 11.8 Å². The number of nitrogens with one attached hydrogen (secondary N) is 1. The van der Waals surface area contributed by atoms with Crippen molar-refractivity contribution in [2.45, 2.75) is 10.9 Å². The van der Waals surface area contributed by atoms with Crippen molar-refractivity contribution in [3.8, 4) is 0 Å². The first kappa shape index (κ1) is 19.9. The molecule has 6 nitrogen and oxygen atoms in total. The van der Waals surface area contributed by atoms with Gasteiger partial charge in [-0.1, -0.05) is 12.1 Å². The van der Waals surface area contributed by atoms with Gasteiger partial charge in [0.2, 0.25) is 5.91 Å². The van der Waals surface area contributed by atoms with Gasteiger partial charge in [-0.25, -0.2) is 4.39 Å². The van der Waals surface area contributed by atoms with Crippen LogP contribution < -0.4 is 5.32 Å². The third-order valence-electron chi connectivity index (χ3n) is 3.77.